The minimum Gasteiger partial charge on any atom is -0.390 e. The maximum atomic E-state index is 12.7. The van der Waals surface area contributed by atoms with Crippen LogP contribution in [0.25, 0.3) is 10.2 Å². The summed E-state index contributed by atoms with van der Waals surface area (Å²) in [6.07, 6.45) is -1.45. The topological polar surface area (TPSA) is 82.5 Å². The molecule has 1 saturated carbocycles. The zero-order chi connectivity index (χ0) is 18.3. The molecule has 3 aromatic rings. The molecule has 0 radical (unpaired) electrons. The van der Waals surface area contributed by atoms with Gasteiger partial charge in [0.1, 0.15) is 6.10 Å². The summed E-state index contributed by atoms with van der Waals surface area (Å²) in [5.74, 6) is -0.456. The molecule has 5 nitrogen and oxygen atoms in total. The Morgan fingerprint density at radius 3 is 2.65 bits per heavy atom. The van der Waals surface area contributed by atoms with Crippen molar-refractivity contribution in [2.45, 2.75) is 37.5 Å². The second-order valence-corrected chi connectivity index (χ2v) is 7.77. The third-order valence-electron chi connectivity index (χ3n) is 5.06. The SMILES string of the molecule is Cc1ccccc1[C@H]1C[C@@H](O)[C@@H](O)[C@@H]1NC(=O)c1nc2ccccc2s1. The lowest BCUT2D eigenvalue weighted by Crippen LogP contribution is -2.45. The van der Waals surface area contributed by atoms with Gasteiger partial charge >= 0.3 is 0 Å². The minimum atomic E-state index is -1.00. The van der Waals surface area contributed by atoms with E-state index in [1.165, 1.54) is 11.3 Å². The Morgan fingerprint density at radius 1 is 1.15 bits per heavy atom. The van der Waals surface area contributed by atoms with Crippen molar-refractivity contribution in [2.24, 2.45) is 0 Å². The second kappa shape index (κ2) is 6.79. The molecule has 0 spiro atoms. The van der Waals surface area contributed by atoms with Gasteiger partial charge in [0.05, 0.1) is 22.4 Å². The summed E-state index contributed by atoms with van der Waals surface area (Å²) in [5, 5.41) is 23.9. The van der Waals surface area contributed by atoms with Crippen molar-refractivity contribution in [3.63, 3.8) is 0 Å². The van der Waals surface area contributed by atoms with Crippen LogP contribution in [-0.2, 0) is 0 Å². The Morgan fingerprint density at radius 2 is 1.88 bits per heavy atom. The Balaban J connectivity index is 1.61. The van der Waals surface area contributed by atoms with Gasteiger partial charge in [0, 0.05) is 5.92 Å². The van der Waals surface area contributed by atoms with E-state index in [1.807, 2.05) is 55.5 Å². The molecule has 26 heavy (non-hydrogen) atoms. The smallest absolute Gasteiger partial charge is 0.280 e. The van der Waals surface area contributed by atoms with Crippen molar-refractivity contribution >= 4 is 27.5 Å². The van der Waals surface area contributed by atoms with Gasteiger partial charge in [0.2, 0.25) is 0 Å². The summed E-state index contributed by atoms with van der Waals surface area (Å²) in [6.45, 7) is 2.00. The Bertz CT molecular complexity index is 922. The lowest BCUT2D eigenvalue weighted by atomic mass is 9.90. The summed E-state index contributed by atoms with van der Waals surface area (Å²) >= 11 is 1.32. The van der Waals surface area contributed by atoms with Gasteiger partial charge in [-0.15, -0.1) is 11.3 Å². The van der Waals surface area contributed by atoms with Crippen molar-refractivity contribution in [2.75, 3.05) is 0 Å². The largest absolute Gasteiger partial charge is 0.390 e. The van der Waals surface area contributed by atoms with E-state index in [-0.39, 0.29) is 11.8 Å². The maximum Gasteiger partial charge on any atom is 0.280 e. The Hall–Kier alpha value is -2.28. The van der Waals surface area contributed by atoms with Crippen LogP contribution in [0.4, 0.5) is 0 Å². The fraction of sp³-hybridized carbons (Fsp3) is 0.300. The van der Waals surface area contributed by atoms with Gasteiger partial charge in [0.25, 0.3) is 5.91 Å². The zero-order valence-electron chi connectivity index (χ0n) is 14.3. The molecule has 0 unspecified atom stereocenters. The van der Waals surface area contributed by atoms with Gasteiger partial charge in [0.15, 0.2) is 5.01 Å². The highest BCUT2D eigenvalue weighted by Crippen LogP contribution is 2.37. The number of aliphatic hydroxyl groups excluding tert-OH is 2. The third kappa shape index (κ3) is 3.00. The highest BCUT2D eigenvalue weighted by Gasteiger charge is 2.43. The number of thiazole rings is 1. The molecular weight excluding hydrogens is 348 g/mol. The molecule has 3 N–H and O–H groups in total. The Kier molecular flexibility index (Phi) is 4.48. The van der Waals surface area contributed by atoms with E-state index in [0.717, 1.165) is 21.3 Å². The number of nitrogens with one attached hydrogen (secondary N) is 1. The first-order valence-electron chi connectivity index (χ1n) is 8.62. The number of aliphatic hydroxyl groups is 2. The van der Waals surface area contributed by atoms with Crippen LogP contribution in [0.1, 0.15) is 33.3 Å². The molecule has 6 heteroatoms. The van der Waals surface area contributed by atoms with E-state index in [4.69, 9.17) is 0 Å². The van der Waals surface area contributed by atoms with Gasteiger partial charge in [-0.3, -0.25) is 4.79 Å². The number of para-hydroxylation sites is 1. The van der Waals surface area contributed by atoms with Crippen LogP contribution in [0.15, 0.2) is 48.5 Å². The van der Waals surface area contributed by atoms with Crippen LogP contribution in [0.5, 0.6) is 0 Å². The number of nitrogens with zero attached hydrogens (tertiary/aromatic N) is 1. The van der Waals surface area contributed by atoms with Crippen molar-refractivity contribution in [1.29, 1.82) is 0 Å². The molecule has 134 valence electrons. The number of aromatic nitrogens is 1. The fourth-order valence-corrected chi connectivity index (χ4v) is 4.58. The van der Waals surface area contributed by atoms with Gasteiger partial charge in [-0.1, -0.05) is 36.4 Å². The number of carbonyl (C=O) groups is 1. The number of aryl methyl sites for hydroxylation is 1. The molecule has 1 aliphatic carbocycles. The quantitative estimate of drug-likeness (QED) is 0.664. The lowest BCUT2D eigenvalue weighted by molar-refractivity contribution is 0.0294. The summed E-state index contributed by atoms with van der Waals surface area (Å²) in [6, 6.07) is 14.9. The maximum absolute atomic E-state index is 12.7. The molecule has 0 aliphatic heterocycles. The predicted octanol–water partition coefficient (Wildman–Crippen LogP) is 2.61. The lowest BCUT2D eigenvalue weighted by Gasteiger charge is -2.24. The molecule has 0 bridgehead atoms. The fourth-order valence-electron chi connectivity index (χ4n) is 3.72. The van der Waals surface area contributed by atoms with Crippen LogP contribution in [0, 0.1) is 6.92 Å². The average Bonchev–Trinajstić information content (AvgIpc) is 3.19. The number of fused-ring (bicyclic) bond motifs is 1. The van der Waals surface area contributed by atoms with E-state index in [9.17, 15) is 15.0 Å². The number of carbonyl (C=O) groups excluding carboxylic acids is 1. The van der Waals surface area contributed by atoms with E-state index in [0.29, 0.717) is 11.4 Å². The molecule has 1 aromatic heterocycles. The van der Waals surface area contributed by atoms with E-state index < -0.39 is 18.2 Å². The monoisotopic (exact) mass is 368 g/mol. The number of hydrogen-bond acceptors (Lipinski definition) is 5. The summed E-state index contributed by atoms with van der Waals surface area (Å²) < 4.78 is 0.945. The first kappa shape index (κ1) is 17.1. The van der Waals surface area contributed by atoms with Crippen molar-refractivity contribution in [3.8, 4) is 0 Å². The first-order valence-corrected chi connectivity index (χ1v) is 9.44. The molecule has 1 heterocycles. The van der Waals surface area contributed by atoms with Gasteiger partial charge in [-0.25, -0.2) is 4.98 Å². The van der Waals surface area contributed by atoms with Gasteiger partial charge in [-0.05, 0) is 36.6 Å². The average molecular weight is 368 g/mol. The summed E-state index contributed by atoms with van der Waals surface area (Å²) in [5.41, 5.74) is 2.90. The van der Waals surface area contributed by atoms with Crippen LogP contribution >= 0.6 is 11.3 Å². The molecule has 1 aliphatic rings. The van der Waals surface area contributed by atoms with E-state index in [1.54, 1.807) is 0 Å². The number of benzene rings is 2. The first-order chi connectivity index (χ1) is 12.5. The van der Waals surface area contributed by atoms with Crippen molar-refractivity contribution < 1.29 is 15.0 Å². The summed E-state index contributed by atoms with van der Waals surface area (Å²) in [4.78, 5) is 17.1. The standard InChI is InChI=1S/C20H20N2O3S/c1-11-6-2-3-7-12(11)13-10-15(23)18(24)17(13)22-19(25)20-21-14-8-4-5-9-16(14)26-20/h2-9,13,15,17-18,23-24H,10H2,1H3,(H,22,25)/t13-,15-,17-,18-/m1/s1. The number of amides is 1. The molecule has 0 saturated heterocycles. The molecule has 1 amide bonds. The van der Waals surface area contributed by atoms with Gasteiger partial charge in [-0.2, -0.15) is 0 Å². The molecule has 2 aromatic carbocycles. The Labute approximate surface area is 155 Å². The predicted molar refractivity (Wildman–Crippen MR) is 101 cm³/mol. The molecular formula is C20H20N2O3S. The molecule has 1 fully saturated rings. The zero-order valence-corrected chi connectivity index (χ0v) is 15.1. The third-order valence-corrected chi connectivity index (χ3v) is 6.10. The second-order valence-electron chi connectivity index (χ2n) is 6.74. The van der Waals surface area contributed by atoms with Crippen molar-refractivity contribution in [1.82, 2.24) is 10.3 Å². The number of rotatable bonds is 3. The molecule has 4 rings (SSSR count). The van der Waals surface area contributed by atoms with Crippen LogP contribution in [0.2, 0.25) is 0 Å². The number of hydrogen-bond donors (Lipinski definition) is 3. The van der Waals surface area contributed by atoms with Crippen LogP contribution in [0.3, 0.4) is 0 Å². The van der Waals surface area contributed by atoms with Gasteiger partial charge < -0.3 is 15.5 Å². The minimum absolute atomic E-state index is 0.139. The van der Waals surface area contributed by atoms with E-state index >= 15 is 0 Å². The molecule has 4 atom stereocenters. The van der Waals surface area contributed by atoms with Crippen LogP contribution < -0.4 is 5.32 Å². The summed E-state index contributed by atoms with van der Waals surface area (Å²) in [7, 11) is 0. The highest BCUT2D eigenvalue weighted by molar-refractivity contribution is 7.20. The normalized spacial score (nSPS) is 25.5. The van der Waals surface area contributed by atoms with E-state index in [2.05, 4.69) is 10.3 Å². The van der Waals surface area contributed by atoms with Crippen molar-refractivity contribution in [3.05, 3.63) is 64.7 Å². The highest BCUT2D eigenvalue weighted by atomic mass is 32.1. The van der Waals surface area contributed by atoms with Crippen LogP contribution in [-0.4, -0.2) is 39.4 Å².